The van der Waals surface area contributed by atoms with Crippen molar-refractivity contribution in [3.63, 3.8) is 0 Å². The summed E-state index contributed by atoms with van der Waals surface area (Å²) in [5.74, 6) is 1.19. The molecule has 1 heteroatoms. The highest BCUT2D eigenvalue weighted by molar-refractivity contribution is 8.03. The van der Waals surface area contributed by atoms with Gasteiger partial charge in [-0.1, -0.05) is 16.7 Å². The summed E-state index contributed by atoms with van der Waals surface area (Å²) in [5, 5.41) is 0. The highest BCUT2D eigenvalue weighted by atomic mass is 32.2. The summed E-state index contributed by atoms with van der Waals surface area (Å²) in [6, 6.07) is 0. The number of hydrogen-bond donors (Lipinski definition) is 0. The Bertz CT molecular complexity index is 197. The predicted molar refractivity (Wildman–Crippen MR) is 53.8 cm³/mol. The first-order chi connectivity index (χ1) is 5.11. The van der Waals surface area contributed by atoms with Crippen LogP contribution in [0.1, 0.15) is 34.1 Å². The van der Waals surface area contributed by atoms with Gasteiger partial charge >= 0.3 is 0 Å². The van der Waals surface area contributed by atoms with Crippen LogP contribution in [0.4, 0.5) is 0 Å². The third kappa shape index (κ3) is 2.13. The minimum atomic E-state index is 1.19. The fraction of sp³-hybridized carbons (Fsp3) is 0.600. The molecule has 0 bridgehead atoms. The van der Waals surface area contributed by atoms with Crippen molar-refractivity contribution in [3.05, 3.63) is 21.6 Å². The van der Waals surface area contributed by atoms with Gasteiger partial charge in [0.05, 0.1) is 0 Å². The summed E-state index contributed by atoms with van der Waals surface area (Å²) in [7, 11) is 0. The van der Waals surface area contributed by atoms with E-state index in [-0.39, 0.29) is 0 Å². The van der Waals surface area contributed by atoms with Gasteiger partial charge in [-0.25, -0.2) is 0 Å². The fourth-order valence-corrected chi connectivity index (χ4v) is 2.13. The average molecular weight is 168 g/mol. The van der Waals surface area contributed by atoms with Crippen LogP contribution in [0, 0.1) is 0 Å². The molecule has 0 aromatic carbocycles. The van der Waals surface area contributed by atoms with Crippen molar-refractivity contribution < 1.29 is 0 Å². The van der Waals surface area contributed by atoms with Gasteiger partial charge in [-0.15, -0.1) is 11.8 Å². The van der Waals surface area contributed by atoms with Gasteiger partial charge in [0.1, 0.15) is 0 Å². The highest BCUT2D eigenvalue weighted by Crippen LogP contribution is 2.30. The zero-order valence-electron chi connectivity index (χ0n) is 7.82. The minimum Gasteiger partial charge on any atom is -0.127 e. The lowest BCUT2D eigenvalue weighted by molar-refractivity contribution is 1.07. The Balaban J connectivity index is 2.84. The molecule has 0 saturated heterocycles. The van der Waals surface area contributed by atoms with Crippen LogP contribution in [0.5, 0.6) is 0 Å². The quantitative estimate of drug-likeness (QED) is 0.496. The standard InChI is InChI=1S/C10H16S/c1-7-5-8(2)10(4)11-6-9(7)3/h5-6H2,1-4H3. The van der Waals surface area contributed by atoms with Crippen LogP contribution in [0.25, 0.3) is 0 Å². The van der Waals surface area contributed by atoms with Crippen LogP contribution in [0.15, 0.2) is 21.6 Å². The van der Waals surface area contributed by atoms with Gasteiger partial charge in [-0.05, 0) is 39.0 Å². The fourth-order valence-electron chi connectivity index (χ4n) is 1.14. The molecular weight excluding hydrogens is 152 g/mol. The molecule has 11 heavy (non-hydrogen) atoms. The molecule has 0 aromatic rings. The van der Waals surface area contributed by atoms with Crippen molar-refractivity contribution in [3.8, 4) is 0 Å². The normalized spacial score (nSPS) is 20.7. The number of hydrogen-bond acceptors (Lipinski definition) is 1. The van der Waals surface area contributed by atoms with E-state index in [0.29, 0.717) is 0 Å². The Hall–Kier alpha value is -0.170. The maximum Gasteiger partial charge on any atom is 0.0187 e. The molecule has 0 N–H and O–H groups in total. The maximum absolute atomic E-state index is 2.25. The highest BCUT2D eigenvalue weighted by Gasteiger charge is 2.07. The molecule has 0 atom stereocenters. The first-order valence-electron chi connectivity index (χ1n) is 4.05. The van der Waals surface area contributed by atoms with Crippen LogP contribution in [0.2, 0.25) is 0 Å². The van der Waals surface area contributed by atoms with Gasteiger partial charge in [0, 0.05) is 5.75 Å². The molecule has 1 rings (SSSR count). The summed E-state index contributed by atoms with van der Waals surface area (Å²) >= 11 is 1.98. The lowest BCUT2D eigenvalue weighted by atomic mass is 10.0. The molecule has 0 aliphatic carbocycles. The van der Waals surface area contributed by atoms with Crippen molar-refractivity contribution in [2.24, 2.45) is 0 Å². The number of allylic oxidation sites excluding steroid dienone is 3. The predicted octanol–water partition coefficient (Wildman–Crippen LogP) is 3.75. The van der Waals surface area contributed by atoms with Crippen molar-refractivity contribution in [1.29, 1.82) is 0 Å². The molecule has 0 radical (unpaired) electrons. The lowest BCUT2D eigenvalue weighted by Gasteiger charge is -2.01. The van der Waals surface area contributed by atoms with Crippen molar-refractivity contribution in [2.75, 3.05) is 5.75 Å². The Morgan fingerprint density at radius 1 is 0.909 bits per heavy atom. The molecule has 1 aliphatic rings. The zero-order valence-corrected chi connectivity index (χ0v) is 8.64. The van der Waals surface area contributed by atoms with Gasteiger partial charge in [-0.2, -0.15) is 0 Å². The van der Waals surface area contributed by atoms with E-state index in [4.69, 9.17) is 0 Å². The van der Waals surface area contributed by atoms with Gasteiger partial charge < -0.3 is 0 Å². The Labute approximate surface area is 73.8 Å². The van der Waals surface area contributed by atoms with Gasteiger partial charge in [0.15, 0.2) is 0 Å². The Morgan fingerprint density at radius 3 is 2.18 bits per heavy atom. The smallest absolute Gasteiger partial charge is 0.0187 e. The number of thioether (sulfide) groups is 1. The first-order valence-corrected chi connectivity index (χ1v) is 5.04. The Kier molecular flexibility index (Phi) is 2.83. The van der Waals surface area contributed by atoms with Crippen molar-refractivity contribution in [1.82, 2.24) is 0 Å². The summed E-state index contributed by atoms with van der Waals surface area (Å²) in [4.78, 5) is 1.52. The van der Waals surface area contributed by atoms with E-state index in [1.54, 1.807) is 16.7 Å². The van der Waals surface area contributed by atoms with Gasteiger partial charge in [-0.3, -0.25) is 0 Å². The van der Waals surface area contributed by atoms with E-state index in [0.717, 1.165) is 0 Å². The second-order valence-electron chi connectivity index (χ2n) is 3.36. The number of rotatable bonds is 0. The molecule has 0 amide bonds. The molecule has 0 nitrogen and oxygen atoms in total. The lowest BCUT2D eigenvalue weighted by Crippen LogP contribution is -1.84. The van der Waals surface area contributed by atoms with E-state index < -0.39 is 0 Å². The summed E-state index contributed by atoms with van der Waals surface area (Å²) in [6.45, 7) is 8.96. The largest absolute Gasteiger partial charge is 0.127 e. The first kappa shape index (κ1) is 8.92. The van der Waals surface area contributed by atoms with E-state index in [1.807, 2.05) is 11.8 Å². The van der Waals surface area contributed by atoms with E-state index in [9.17, 15) is 0 Å². The molecule has 0 saturated carbocycles. The molecule has 0 aromatic heterocycles. The van der Waals surface area contributed by atoms with Crippen LogP contribution >= 0.6 is 11.8 Å². The van der Waals surface area contributed by atoms with E-state index in [1.165, 1.54) is 17.1 Å². The van der Waals surface area contributed by atoms with Gasteiger partial charge in [0.25, 0.3) is 0 Å². The molecule has 0 spiro atoms. The van der Waals surface area contributed by atoms with Crippen LogP contribution < -0.4 is 0 Å². The van der Waals surface area contributed by atoms with E-state index >= 15 is 0 Å². The van der Waals surface area contributed by atoms with Crippen LogP contribution in [-0.2, 0) is 0 Å². The van der Waals surface area contributed by atoms with Crippen LogP contribution in [0.3, 0.4) is 0 Å². The zero-order chi connectivity index (χ0) is 8.43. The molecule has 0 unspecified atom stereocenters. The molecule has 1 aliphatic heterocycles. The van der Waals surface area contributed by atoms with E-state index in [2.05, 4.69) is 27.7 Å². The maximum atomic E-state index is 2.25. The van der Waals surface area contributed by atoms with Gasteiger partial charge in [0.2, 0.25) is 0 Å². The second kappa shape index (κ2) is 3.48. The van der Waals surface area contributed by atoms with Crippen LogP contribution in [-0.4, -0.2) is 5.75 Å². The minimum absolute atomic E-state index is 1.19. The molecule has 0 fully saturated rings. The third-order valence-electron chi connectivity index (χ3n) is 2.37. The van der Waals surface area contributed by atoms with Crippen molar-refractivity contribution >= 4 is 11.8 Å². The van der Waals surface area contributed by atoms with Crippen molar-refractivity contribution in [2.45, 2.75) is 34.1 Å². The second-order valence-corrected chi connectivity index (χ2v) is 4.55. The molecular formula is C10H16S. The topological polar surface area (TPSA) is 0 Å². The molecule has 62 valence electrons. The average Bonchev–Trinajstić information content (AvgIpc) is 2.05. The SMILES string of the molecule is CC1=C(C)CC(C)=C(C)SC1. The monoisotopic (exact) mass is 168 g/mol. The summed E-state index contributed by atoms with van der Waals surface area (Å²) in [5.41, 5.74) is 4.67. The summed E-state index contributed by atoms with van der Waals surface area (Å²) < 4.78 is 0. The Morgan fingerprint density at radius 2 is 1.55 bits per heavy atom. The third-order valence-corrected chi connectivity index (χ3v) is 3.72. The molecule has 1 heterocycles. The summed E-state index contributed by atoms with van der Waals surface area (Å²) in [6.07, 6.45) is 1.19.